The van der Waals surface area contributed by atoms with Crippen molar-refractivity contribution in [2.45, 2.75) is 45.1 Å². The monoisotopic (exact) mass is 422 g/mol. The number of carbonyl (C=O) groups is 3. The number of nitrogens with zero attached hydrogens (tertiary/aromatic N) is 2. The first-order valence-electron chi connectivity index (χ1n) is 9.89. The number of likely N-dealkylation sites (N-methyl/N-ethyl adjacent to an activating group) is 1. The normalized spacial score (nSPS) is 11.1. The Hall–Kier alpha value is -2.94. The number of unbranched alkanes of at least 4 members (excludes halogenated alkanes) is 2. The Morgan fingerprint density at radius 3 is 2.10 bits per heavy atom. The number of primary amides is 2. The number of guanidine groups is 1. The van der Waals surface area contributed by atoms with Crippen LogP contribution in [0.2, 0.25) is 0 Å². The summed E-state index contributed by atoms with van der Waals surface area (Å²) in [7, 11) is 5.44. The SMILES string of the molecule is CCC(N)=O.CN(C)C(N)=NCCCCC=O.CNC(Cc1ccccc1)C(N)=O. The molecule has 0 spiro atoms. The van der Waals surface area contributed by atoms with Crippen molar-refractivity contribution < 1.29 is 14.4 Å². The van der Waals surface area contributed by atoms with E-state index in [1.165, 1.54) is 0 Å². The number of rotatable bonds is 10. The molecule has 7 N–H and O–H groups in total. The summed E-state index contributed by atoms with van der Waals surface area (Å²) in [5.74, 6) is -0.0162. The van der Waals surface area contributed by atoms with Crippen LogP contribution in [0, 0.1) is 0 Å². The summed E-state index contributed by atoms with van der Waals surface area (Å²) in [6, 6.07) is 9.52. The van der Waals surface area contributed by atoms with Gasteiger partial charge in [0.25, 0.3) is 0 Å². The fourth-order valence-corrected chi connectivity index (χ4v) is 1.87. The van der Waals surface area contributed by atoms with Crippen molar-refractivity contribution in [3.63, 3.8) is 0 Å². The molecule has 0 fully saturated rings. The zero-order valence-corrected chi connectivity index (χ0v) is 18.6. The third-order valence-corrected chi connectivity index (χ3v) is 3.79. The Balaban J connectivity index is 0. The molecular formula is C21H38N6O3. The van der Waals surface area contributed by atoms with Gasteiger partial charge in [-0.05, 0) is 31.9 Å². The van der Waals surface area contributed by atoms with Gasteiger partial charge in [0.15, 0.2) is 5.96 Å². The fourth-order valence-electron chi connectivity index (χ4n) is 1.87. The first-order valence-corrected chi connectivity index (χ1v) is 9.89. The van der Waals surface area contributed by atoms with Gasteiger partial charge in [-0.2, -0.15) is 0 Å². The molecule has 0 saturated carbocycles. The van der Waals surface area contributed by atoms with Crippen LogP contribution in [0.3, 0.4) is 0 Å². The summed E-state index contributed by atoms with van der Waals surface area (Å²) in [6.07, 6.45) is 4.46. The Labute approximate surface area is 180 Å². The maximum atomic E-state index is 10.9. The largest absolute Gasteiger partial charge is 0.370 e. The number of hydrogen-bond donors (Lipinski definition) is 4. The second-order valence-electron chi connectivity index (χ2n) is 6.55. The Morgan fingerprint density at radius 1 is 1.13 bits per heavy atom. The van der Waals surface area contributed by atoms with Crippen molar-refractivity contribution in [2.24, 2.45) is 22.2 Å². The van der Waals surface area contributed by atoms with Crippen molar-refractivity contribution in [1.29, 1.82) is 0 Å². The summed E-state index contributed by atoms with van der Waals surface area (Å²) >= 11 is 0. The number of amides is 2. The summed E-state index contributed by atoms with van der Waals surface area (Å²) in [4.78, 5) is 36.3. The minimum absolute atomic E-state index is 0.245. The third-order valence-electron chi connectivity index (χ3n) is 3.79. The highest BCUT2D eigenvalue weighted by Gasteiger charge is 2.12. The maximum absolute atomic E-state index is 10.9. The summed E-state index contributed by atoms with van der Waals surface area (Å²) in [5, 5.41) is 2.88. The van der Waals surface area contributed by atoms with Crippen molar-refractivity contribution >= 4 is 24.1 Å². The molecule has 1 rings (SSSR count). The van der Waals surface area contributed by atoms with Gasteiger partial charge in [0.1, 0.15) is 6.29 Å². The lowest BCUT2D eigenvalue weighted by atomic mass is 10.1. The highest BCUT2D eigenvalue weighted by molar-refractivity contribution is 5.80. The van der Waals surface area contributed by atoms with Gasteiger partial charge in [-0.3, -0.25) is 14.6 Å². The predicted octanol–water partition coefficient (Wildman–Crippen LogP) is 0.416. The van der Waals surface area contributed by atoms with Gasteiger partial charge in [-0.1, -0.05) is 37.3 Å². The molecule has 0 bridgehead atoms. The predicted molar refractivity (Wildman–Crippen MR) is 122 cm³/mol. The molecule has 0 saturated heterocycles. The lowest BCUT2D eigenvalue weighted by molar-refractivity contribution is -0.120. The van der Waals surface area contributed by atoms with Crippen LogP contribution in [-0.4, -0.2) is 62.7 Å². The molecule has 1 aromatic rings. The van der Waals surface area contributed by atoms with Crippen molar-refractivity contribution in [1.82, 2.24) is 10.2 Å². The van der Waals surface area contributed by atoms with Crippen LogP contribution in [0.1, 0.15) is 38.2 Å². The minimum atomic E-state index is -0.314. The lowest BCUT2D eigenvalue weighted by Gasteiger charge is -2.11. The van der Waals surface area contributed by atoms with Gasteiger partial charge < -0.3 is 32.2 Å². The van der Waals surface area contributed by atoms with Gasteiger partial charge in [0.05, 0.1) is 6.04 Å². The fraction of sp³-hybridized carbons (Fsp3) is 0.524. The van der Waals surface area contributed by atoms with Gasteiger partial charge in [-0.15, -0.1) is 0 Å². The van der Waals surface area contributed by atoms with Crippen LogP contribution in [0.4, 0.5) is 0 Å². The number of benzene rings is 1. The summed E-state index contributed by atoms with van der Waals surface area (Å²) < 4.78 is 0. The molecule has 0 aliphatic carbocycles. The van der Waals surface area contributed by atoms with Crippen LogP contribution in [0.15, 0.2) is 35.3 Å². The lowest BCUT2D eigenvalue weighted by Crippen LogP contribution is -2.40. The first kappa shape index (κ1) is 29.3. The average molecular weight is 423 g/mol. The molecular weight excluding hydrogens is 384 g/mol. The van der Waals surface area contributed by atoms with Crippen LogP contribution < -0.4 is 22.5 Å². The van der Waals surface area contributed by atoms with E-state index in [1.807, 2.05) is 44.4 Å². The Kier molecular flexibility index (Phi) is 18.9. The first-order chi connectivity index (χ1) is 14.2. The second kappa shape index (κ2) is 19.4. The van der Waals surface area contributed by atoms with E-state index in [-0.39, 0.29) is 17.9 Å². The van der Waals surface area contributed by atoms with Crippen LogP contribution in [0.25, 0.3) is 0 Å². The van der Waals surface area contributed by atoms with Gasteiger partial charge >= 0.3 is 0 Å². The van der Waals surface area contributed by atoms with E-state index in [2.05, 4.69) is 16.0 Å². The average Bonchev–Trinajstić information content (AvgIpc) is 2.73. The Morgan fingerprint density at radius 2 is 1.70 bits per heavy atom. The number of aliphatic imine (C=N–C) groups is 1. The molecule has 30 heavy (non-hydrogen) atoms. The summed E-state index contributed by atoms with van der Waals surface area (Å²) in [5.41, 5.74) is 16.5. The molecule has 0 aromatic heterocycles. The number of aldehydes is 1. The standard InChI is InChI=1S/C10H14N2O.C8H17N3O.C3H7NO/c1-12-9(10(11)13)7-8-5-3-2-4-6-8;1-11(2)8(9)10-6-4-3-5-7-12;1-2-3(4)5/h2-6,9,12H,7H2,1H3,(H2,11,13);7H,3-6H2,1-2H3,(H2,9,10);2H2,1H3,(H2,4,5). The topological polar surface area (TPSA) is 157 Å². The van der Waals surface area contributed by atoms with E-state index in [1.54, 1.807) is 18.9 Å². The summed E-state index contributed by atoms with van der Waals surface area (Å²) in [6.45, 7) is 2.43. The maximum Gasteiger partial charge on any atom is 0.234 e. The second-order valence-corrected chi connectivity index (χ2v) is 6.55. The zero-order valence-electron chi connectivity index (χ0n) is 18.6. The molecule has 0 aliphatic heterocycles. The van der Waals surface area contributed by atoms with Gasteiger partial charge in [0.2, 0.25) is 11.8 Å². The minimum Gasteiger partial charge on any atom is -0.370 e. The van der Waals surface area contributed by atoms with Crippen molar-refractivity contribution in [3.05, 3.63) is 35.9 Å². The van der Waals surface area contributed by atoms with Crippen LogP contribution in [0.5, 0.6) is 0 Å². The van der Waals surface area contributed by atoms with E-state index < -0.39 is 0 Å². The van der Waals surface area contributed by atoms with Gasteiger partial charge in [-0.25, -0.2) is 0 Å². The van der Waals surface area contributed by atoms with Crippen LogP contribution >= 0.6 is 0 Å². The van der Waals surface area contributed by atoms with E-state index in [4.69, 9.17) is 11.5 Å². The smallest absolute Gasteiger partial charge is 0.234 e. The molecule has 0 heterocycles. The number of carbonyl (C=O) groups excluding carboxylic acids is 3. The highest BCUT2D eigenvalue weighted by atomic mass is 16.1. The Bertz CT molecular complexity index is 620. The van der Waals surface area contributed by atoms with E-state index >= 15 is 0 Å². The van der Waals surface area contributed by atoms with Gasteiger partial charge in [0, 0.05) is 33.5 Å². The molecule has 0 aliphatic rings. The molecule has 9 heteroatoms. The molecule has 170 valence electrons. The molecule has 1 atom stereocenters. The molecule has 0 radical (unpaired) electrons. The number of nitrogens with two attached hydrogens (primary N) is 3. The van der Waals surface area contributed by atoms with Crippen molar-refractivity contribution in [3.8, 4) is 0 Å². The number of hydrogen-bond acceptors (Lipinski definition) is 5. The number of nitrogens with one attached hydrogen (secondary N) is 1. The molecule has 1 unspecified atom stereocenters. The molecule has 2 amide bonds. The van der Waals surface area contributed by atoms with E-state index in [0.717, 1.165) is 24.7 Å². The molecule has 9 nitrogen and oxygen atoms in total. The van der Waals surface area contributed by atoms with Crippen LogP contribution in [-0.2, 0) is 20.8 Å². The highest BCUT2D eigenvalue weighted by Crippen LogP contribution is 2.02. The van der Waals surface area contributed by atoms with E-state index in [9.17, 15) is 14.4 Å². The van der Waals surface area contributed by atoms with Crippen molar-refractivity contribution in [2.75, 3.05) is 27.7 Å². The quantitative estimate of drug-likeness (QED) is 0.185. The zero-order chi connectivity index (χ0) is 23.4. The third kappa shape index (κ3) is 18.4. The molecule has 1 aromatic carbocycles. The van der Waals surface area contributed by atoms with E-state index in [0.29, 0.717) is 31.8 Å².